The highest BCUT2D eigenvalue weighted by atomic mass is 16.1. The molecule has 0 aliphatic heterocycles. The first-order valence-electron chi connectivity index (χ1n) is 7.44. The third kappa shape index (κ3) is 2.39. The fourth-order valence-corrected chi connectivity index (χ4v) is 2.86. The predicted octanol–water partition coefficient (Wildman–Crippen LogP) is 4.65. The van der Waals surface area contributed by atoms with Gasteiger partial charge in [0.25, 0.3) is 5.91 Å². The number of aromatic nitrogens is 1. The molecule has 2 aromatic carbocycles. The quantitative estimate of drug-likeness (QED) is 0.709. The topological polar surface area (TPSA) is 44.9 Å². The van der Waals surface area contributed by atoms with E-state index < -0.39 is 0 Å². The molecular weight excluding hydrogens is 272 g/mol. The molecule has 1 aromatic heterocycles. The first kappa shape index (κ1) is 14.4. The monoisotopic (exact) mass is 292 g/mol. The van der Waals surface area contributed by atoms with Crippen molar-refractivity contribution in [3.63, 3.8) is 0 Å². The zero-order valence-electron chi connectivity index (χ0n) is 13.4. The number of rotatable bonds is 2. The summed E-state index contributed by atoms with van der Waals surface area (Å²) in [4.78, 5) is 15.9. The van der Waals surface area contributed by atoms with Gasteiger partial charge in [0, 0.05) is 16.6 Å². The molecule has 0 saturated heterocycles. The molecule has 0 saturated carbocycles. The second kappa shape index (κ2) is 5.34. The standard InChI is InChI=1S/C19H20N2O/c1-11-8-9-16-15(10-11)14(4)18(20-16)19(22)21-17-12(2)6-5-7-13(17)3/h5-10,20H,1-4H3,(H,21,22). The van der Waals surface area contributed by atoms with Crippen LogP contribution in [-0.4, -0.2) is 10.9 Å². The Hall–Kier alpha value is -2.55. The predicted molar refractivity (Wildman–Crippen MR) is 91.6 cm³/mol. The molecule has 3 nitrogen and oxygen atoms in total. The number of aryl methyl sites for hydroxylation is 4. The van der Waals surface area contributed by atoms with Crippen LogP contribution in [0.25, 0.3) is 10.9 Å². The Morgan fingerprint density at radius 1 is 1.00 bits per heavy atom. The lowest BCUT2D eigenvalue weighted by Gasteiger charge is -2.11. The van der Waals surface area contributed by atoms with Gasteiger partial charge in [-0.1, -0.05) is 29.8 Å². The van der Waals surface area contributed by atoms with Gasteiger partial charge in [0.15, 0.2) is 0 Å². The summed E-state index contributed by atoms with van der Waals surface area (Å²) in [6.07, 6.45) is 0. The zero-order chi connectivity index (χ0) is 15.9. The lowest BCUT2D eigenvalue weighted by molar-refractivity contribution is 0.102. The van der Waals surface area contributed by atoms with Crippen molar-refractivity contribution in [2.75, 3.05) is 5.32 Å². The summed E-state index contributed by atoms with van der Waals surface area (Å²) in [6, 6.07) is 12.2. The summed E-state index contributed by atoms with van der Waals surface area (Å²) in [6.45, 7) is 8.05. The van der Waals surface area contributed by atoms with E-state index >= 15 is 0 Å². The van der Waals surface area contributed by atoms with Crippen LogP contribution in [0.4, 0.5) is 5.69 Å². The minimum absolute atomic E-state index is 0.0937. The van der Waals surface area contributed by atoms with Crippen LogP contribution >= 0.6 is 0 Å². The number of hydrogen-bond acceptors (Lipinski definition) is 1. The van der Waals surface area contributed by atoms with Crippen LogP contribution in [0, 0.1) is 27.7 Å². The molecule has 0 aliphatic carbocycles. The van der Waals surface area contributed by atoms with E-state index in [1.807, 2.05) is 51.1 Å². The molecule has 0 bridgehead atoms. The van der Waals surface area contributed by atoms with Gasteiger partial charge in [-0.25, -0.2) is 0 Å². The lowest BCUT2D eigenvalue weighted by Crippen LogP contribution is -2.15. The van der Waals surface area contributed by atoms with Gasteiger partial charge < -0.3 is 10.3 Å². The summed E-state index contributed by atoms with van der Waals surface area (Å²) >= 11 is 0. The Balaban J connectivity index is 2.01. The van der Waals surface area contributed by atoms with E-state index in [1.165, 1.54) is 5.56 Å². The number of carbonyl (C=O) groups excluding carboxylic acids is 1. The van der Waals surface area contributed by atoms with Crippen LogP contribution in [0.5, 0.6) is 0 Å². The lowest BCUT2D eigenvalue weighted by atomic mass is 10.1. The molecule has 1 amide bonds. The highest BCUT2D eigenvalue weighted by Gasteiger charge is 2.16. The molecule has 2 N–H and O–H groups in total. The van der Waals surface area contributed by atoms with E-state index in [1.54, 1.807) is 0 Å². The van der Waals surface area contributed by atoms with Gasteiger partial charge in [-0.15, -0.1) is 0 Å². The molecule has 0 unspecified atom stereocenters. The Morgan fingerprint density at radius 3 is 2.36 bits per heavy atom. The van der Waals surface area contributed by atoms with Crippen LogP contribution in [0.15, 0.2) is 36.4 Å². The van der Waals surface area contributed by atoms with E-state index in [0.29, 0.717) is 5.69 Å². The number of amides is 1. The molecule has 0 fully saturated rings. The summed E-state index contributed by atoms with van der Waals surface area (Å²) in [5.74, 6) is -0.0937. The number of aromatic amines is 1. The fourth-order valence-electron chi connectivity index (χ4n) is 2.86. The molecule has 1 heterocycles. The van der Waals surface area contributed by atoms with Crippen molar-refractivity contribution in [3.8, 4) is 0 Å². The number of anilines is 1. The fraction of sp³-hybridized carbons (Fsp3) is 0.211. The number of para-hydroxylation sites is 1. The summed E-state index contributed by atoms with van der Waals surface area (Å²) in [5, 5.41) is 4.14. The van der Waals surface area contributed by atoms with Gasteiger partial charge in [0.1, 0.15) is 5.69 Å². The third-order valence-electron chi connectivity index (χ3n) is 4.16. The van der Waals surface area contributed by atoms with Crippen LogP contribution < -0.4 is 5.32 Å². The minimum atomic E-state index is -0.0937. The van der Waals surface area contributed by atoms with Crippen molar-refractivity contribution in [2.24, 2.45) is 0 Å². The molecule has 0 atom stereocenters. The maximum Gasteiger partial charge on any atom is 0.272 e. The molecule has 22 heavy (non-hydrogen) atoms. The van der Waals surface area contributed by atoms with Crippen molar-refractivity contribution >= 4 is 22.5 Å². The molecule has 3 rings (SSSR count). The van der Waals surface area contributed by atoms with Crippen molar-refractivity contribution in [2.45, 2.75) is 27.7 Å². The average molecular weight is 292 g/mol. The summed E-state index contributed by atoms with van der Waals surface area (Å²) in [7, 11) is 0. The normalized spacial score (nSPS) is 10.9. The van der Waals surface area contributed by atoms with Gasteiger partial charge in [-0.3, -0.25) is 4.79 Å². The van der Waals surface area contributed by atoms with E-state index in [-0.39, 0.29) is 5.91 Å². The van der Waals surface area contributed by atoms with E-state index in [2.05, 4.69) is 23.3 Å². The second-order valence-corrected chi connectivity index (χ2v) is 5.89. The molecule has 0 spiro atoms. The largest absolute Gasteiger partial charge is 0.350 e. The van der Waals surface area contributed by atoms with Crippen LogP contribution in [-0.2, 0) is 0 Å². The first-order valence-corrected chi connectivity index (χ1v) is 7.44. The van der Waals surface area contributed by atoms with Gasteiger partial charge in [-0.2, -0.15) is 0 Å². The Labute approximate surface area is 130 Å². The van der Waals surface area contributed by atoms with Crippen LogP contribution in [0.2, 0.25) is 0 Å². The van der Waals surface area contributed by atoms with Crippen LogP contribution in [0.3, 0.4) is 0 Å². The molecule has 0 radical (unpaired) electrons. The molecule has 0 aliphatic rings. The maximum atomic E-state index is 12.7. The highest BCUT2D eigenvalue weighted by molar-refractivity contribution is 6.08. The van der Waals surface area contributed by atoms with Gasteiger partial charge in [0.05, 0.1) is 0 Å². The molecular formula is C19H20N2O. The number of nitrogens with one attached hydrogen (secondary N) is 2. The van der Waals surface area contributed by atoms with Gasteiger partial charge in [-0.05, 0) is 56.5 Å². The Kier molecular flexibility index (Phi) is 3.49. The smallest absolute Gasteiger partial charge is 0.272 e. The van der Waals surface area contributed by atoms with Gasteiger partial charge in [0.2, 0.25) is 0 Å². The third-order valence-corrected chi connectivity index (χ3v) is 4.16. The number of carbonyl (C=O) groups is 1. The van der Waals surface area contributed by atoms with Crippen molar-refractivity contribution in [3.05, 3.63) is 64.3 Å². The Bertz CT molecular complexity index is 854. The number of fused-ring (bicyclic) bond motifs is 1. The van der Waals surface area contributed by atoms with Crippen molar-refractivity contribution in [1.29, 1.82) is 0 Å². The maximum absolute atomic E-state index is 12.7. The van der Waals surface area contributed by atoms with E-state index in [4.69, 9.17) is 0 Å². The molecule has 112 valence electrons. The van der Waals surface area contributed by atoms with Crippen LogP contribution in [0.1, 0.15) is 32.7 Å². The molecule has 3 aromatic rings. The zero-order valence-corrected chi connectivity index (χ0v) is 13.4. The SMILES string of the molecule is Cc1ccc2[nH]c(C(=O)Nc3c(C)cccc3C)c(C)c2c1. The highest BCUT2D eigenvalue weighted by Crippen LogP contribution is 2.25. The summed E-state index contributed by atoms with van der Waals surface area (Å²) in [5.41, 5.74) is 6.83. The summed E-state index contributed by atoms with van der Waals surface area (Å²) < 4.78 is 0. The first-order chi connectivity index (χ1) is 10.5. The van der Waals surface area contributed by atoms with E-state index in [0.717, 1.165) is 33.3 Å². The second-order valence-electron chi connectivity index (χ2n) is 5.89. The van der Waals surface area contributed by atoms with Crippen molar-refractivity contribution < 1.29 is 4.79 Å². The molecule has 3 heteroatoms. The number of H-pyrrole nitrogens is 1. The van der Waals surface area contributed by atoms with E-state index in [9.17, 15) is 4.79 Å². The number of hydrogen-bond donors (Lipinski definition) is 2. The minimum Gasteiger partial charge on any atom is -0.350 e. The van der Waals surface area contributed by atoms with Crippen molar-refractivity contribution in [1.82, 2.24) is 4.98 Å². The Morgan fingerprint density at radius 2 is 1.68 bits per heavy atom. The average Bonchev–Trinajstić information content (AvgIpc) is 2.80. The number of benzene rings is 2. The van der Waals surface area contributed by atoms with Gasteiger partial charge >= 0.3 is 0 Å².